The number of thioether (sulfide) groups is 1. The predicted octanol–water partition coefficient (Wildman–Crippen LogP) is 1.94. The van der Waals surface area contributed by atoms with E-state index < -0.39 is 0 Å². The average molecular weight is 241 g/mol. The zero-order valence-corrected chi connectivity index (χ0v) is 11.4. The van der Waals surface area contributed by atoms with E-state index >= 15 is 0 Å². The van der Waals surface area contributed by atoms with Crippen molar-refractivity contribution < 1.29 is 0 Å². The van der Waals surface area contributed by atoms with Gasteiger partial charge in [-0.2, -0.15) is 0 Å². The maximum absolute atomic E-state index is 4.84. The standard InChI is InChI=1S/C12H23N3S/c1-4-12(5-2)9-16-11(14-12)13-10-6-7-15(3)8-10/h10H,4-9H2,1-3H3,(H,13,14). The van der Waals surface area contributed by atoms with Crippen LogP contribution in [0.2, 0.25) is 0 Å². The van der Waals surface area contributed by atoms with Gasteiger partial charge in [-0.3, -0.25) is 4.99 Å². The van der Waals surface area contributed by atoms with Crippen molar-refractivity contribution >= 4 is 16.9 Å². The van der Waals surface area contributed by atoms with E-state index in [9.17, 15) is 0 Å². The summed E-state index contributed by atoms with van der Waals surface area (Å²) in [5.74, 6) is 1.18. The summed E-state index contributed by atoms with van der Waals surface area (Å²) >= 11 is 1.91. The van der Waals surface area contributed by atoms with E-state index in [1.165, 1.54) is 36.7 Å². The van der Waals surface area contributed by atoms with Crippen LogP contribution in [0.25, 0.3) is 0 Å². The van der Waals surface area contributed by atoms with E-state index in [1.807, 2.05) is 11.8 Å². The van der Waals surface area contributed by atoms with E-state index in [0.717, 1.165) is 6.54 Å². The summed E-state index contributed by atoms with van der Waals surface area (Å²) < 4.78 is 0. The smallest absolute Gasteiger partial charge is 0.157 e. The van der Waals surface area contributed by atoms with E-state index in [4.69, 9.17) is 4.99 Å². The molecule has 0 aromatic carbocycles. The van der Waals surface area contributed by atoms with Crippen LogP contribution in [0.3, 0.4) is 0 Å². The van der Waals surface area contributed by atoms with Gasteiger partial charge in [0.2, 0.25) is 0 Å². The molecule has 16 heavy (non-hydrogen) atoms. The minimum absolute atomic E-state index is 0.313. The van der Waals surface area contributed by atoms with E-state index in [-0.39, 0.29) is 0 Å². The number of amidine groups is 1. The van der Waals surface area contributed by atoms with Crippen molar-refractivity contribution in [3.05, 3.63) is 0 Å². The second-order valence-corrected chi connectivity index (χ2v) is 6.00. The van der Waals surface area contributed by atoms with Gasteiger partial charge < -0.3 is 10.2 Å². The van der Waals surface area contributed by atoms with Gasteiger partial charge in [-0.25, -0.2) is 0 Å². The molecule has 0 aliphatic carbocycles. The van der Waals surface area contributed by atoms with Crippen molar-refractivity contribution in [2.75, 3.05) is 25.9 Å². The molecule has 1 atom stereocenters. The van der Waals surface area contributed by atoms with Gasteiger partial charge >= 0.3 is 0 Å². The van der Waals surface area contributed by atoms with Crippen LogP contribution in [0, 0.1) is 0 Å². The van der Waals surface area contributed by atoms with E-state index in [2.05, 4.69) is 31.1 Å². The molecule has 0 radical (unpaired) electrons. The van der Waals surface area contributed by atoms with Gasteiger partial charge in [-0.1, -0.05) is 25.6 Å². The van der Waals surface area contributed by atoms with Crippen LogP contribution in [0.15, 0.2) is 4.99 Å². The maximum Gasteiger partial charge on any atom is 0.157 e. The molecule has 2 heterocycles. The van der Waals surface area contributed by atoms with Crippen molar-refractivity contribution in [3.8, 4) is 0 Å². The molecular formula is C12H23N3S. The number of likely N-dealkylation sites (N-methyl/N-ethyl adjacent to an activating group) is 1. The molecule has 2 fully saturated rings. The van der Waals surface area contributed by atoms with Crippen LogP contribution in [0.4, 0.5) is 0 Å². The molecule has 0 amide bonds. The van der Waals surface area contributed by atoms with Crippen LogP contribution in [-0.4, -0.2) is 47.5 Å². The highest BCUT2D eigenvalue weighted by atomic mass is 32.2. The molecule has 2 aliphatic rings. The molecule has 2 saturated heterocycles. The Morgan fingerprint density at radius 2 is 2.25 bits per heavy atom. The third-order valence-electron chi connectivity index (χ3n) is 3.88. The molecule has 2 rings (SSSR count). The second kappa shape index (κ2) is 4.96. The Balaban J connectivity index is 1.95. The van der Waals surface area contributed by atoms with E-state index in [0.29, 0.717) is 11.6 Å². The van der Waals surface area contributed by atoms with Crippen LogP contribution < -0.4 is 5.32 Å². The average Bonchev–Trinajstić information content (AvgIpc) is 2.87. The molecular weight excluding hydrogens is 218 g/mol. The topological polar surface area (TPSA) is 27.6 Å². The lowest BCUT2D eigenvalue weighted by molar-refractivity contribution is 0.404. The fourth-order valence-corrected chi connectivity index (χ4v) is 3.79. The highest BCUT2D eigenvalue weighted by molar-refractivity contribution is 8.14. The normalized spacial score (nSPS) is 32.2. The summed E-state index contributed by atoms with van der Waals surface area (Å²) in [7, 11) is 2.18. The number of nitrogens with zero attached hydrogens (tertiary/aromatic N) is 2. The maximum atomic E-state index is 4.84. The number of likely N-dealkylation sites (tertiary alicyclic amines) is 1. The summed E-state index contributed by atoms with van der Waals surface area (Å²) in [4.78, 5) is 7.21. The Bertz CT molecular complexity index is 273. The number of hydrogen-bond donors (Lipinski definition) is 1. The highest BCUT2D eigenvalue weighted by Gasteiger charge is 2.34. The zero-order valence-electron chi connectivity index (χ0n) is 10.6. The lowest BCUT2D eigenvalue weighted by Gasteiger charge is -2.25. The molecule has 0 saturated carbocycles. The van der Waals surface area contributed by atoms with Gasteiger partial charge in [0.05, 0.1) is 6.04 Å². The van der Waals surface area contributed by atoms with Crippen molar-refractivity contribution in [1.29, 1.82) is 0 Å². The molecule has 4 heteroatoms. The summed E-state index contributed by atoms with van der Waals surface area (Å²) in [6.07, 6.45) is 3.60. The Morgan fingerprint density at radius 3 is 2.75 bits per heavy atom. The number of rotatable bonds is 3. The lowest BCUT2D eigenvalue weighted by atomic mass is 9.96. The highest BCUT2D eigenvalue weighted by Crippen LogP contribution is 2.29. The first-order valence-electron chi connectivity index (χ1n) is 6.35. The fourth-order valence-electron chi connectivity index (χ4n) is 2.39. The van der Waals surface area contributed by atoms with Gasteiger partial charge in [-0.15, -0.1) is 0 Å². The van der Waals surface area contributed by atoms with Crippen molar-refractivity contribution in [1.82, 2.24) is 10.2 Å². The predicted molar refractivity (Wildman–Crippen MR) is 72.2 cm³/mol. The van der Waals surface area contributed by atoms with Crippen molar-refractivity contribution in [3.63, 3.8) is 0 Å². The Hall–Kier alpha value is -0.220. The zero-order chi connectivity index (χ0) is 11.6. The summed E-state index contributed by atoms with van der Waals surface area (Å²) in [5, 5.41) is 4.82. The van der Waals surface area contributed by atoms with E-state index in [1.54, 1.807) is 0 Å². The third-order valence-corrected chi connectivity index (χ3v) is 5.05. The molecule has 3 nitrogen and oxygen atoms in total. The van der Waals surface area contributed by atoms with Crippen LogP contribution in [0.1, 0.15) is 33.1 Å². The molecule has 0 spiro atoms. The quantitative estimate of drug-likeness (QED) is 0.818. The number of nitrogens with one attached hydrogen (secondary N) is 1. The minimum atomic E-state index is 0.313. The minimum Gasteiger partial charge on any atom is -0.359 e. The number of hydrogen-bond acceptors (Lipinski definition) is 3. The third kappa shape index (κ3) is 2.54. The summed E-state index contributed by atoms with van der Waals surface area (Å²) in [5.41, 5.74) is 0.313. The second-order valence-electron chi connectivity index (χ2n) is 5.04. The Labute approximate surface area is 103 Å². The van der Waals surface area contributed by atoms with Gasteiger partial charge in [0, 0.05) is 17.8 Å². The molecule has 0 bridgehead atoms. The first kappa shape index (κ1) is 12.2. The molecule has 0 aromatic rings. The number of aliphatic imine (C=N–C) groups is 1. The van der Waals surface area contributed by atoms with Crippen LogP contribution >= 0.6 is 11.8 Å². The van der Waals surface area contributed by atoms with Gasteiger partial charge in [0.1, 0.15) is 0 Å². The van der Waals surface area contributed by atoms with Crippen molar-refractivity contribution in [2.24, 2.45) is 4.99 Å². The van der Waals surface area contributed by atoms with Crippen LogP contribution in [-0.2, 0) is 0 Å². The lowest BCUT2D eigenvalue weighted by Crippen LogP contribution is -2.42. The van der Waals surface area contributed by atoms with Crippen molar-refractivity contribution in [2.45, 2.75) is 44.7 Å². The van der Waals surface area contributed by atoms with Gasteiger partial charge in [-0.05, 0) is 32.9 Å². The van der Waals surface area contributed by atoms with Gasteiger partial charge in [0.15, 0.2) is 5.17 Å². The largest absolute Gasteiger partial charge is 0.359 e. The van der Waals surface area contributed by atoms with Crippen LogP contribution in [0.5, 0.6) is 0 Å². The Morgan fingerprint density at radius 1 is 1.50 bits per heavy atom. The SMILES string of the molecule is CCC1(CC)CSC(=NC2CCN(C)C2)N1. The summed E-state index contributed by atoms with van der Waals surface area (Å²) in [6.45, 7) is 6.85. The molecule has 0 aromatic heterocycles. The van der Waals surface area contributed by atoms with Gasteiger partial charge in [0.25, 0.3) is 0 Å². The molecule has 92 valence electrons. The monoisotopic (exact) mass is 241 g/mol. The first-order chi connectivity index (χ1) is 7.67. The molecule has 1 unspecified atom stereocenters. The molecule has 1 N–H and O–H groups in total. The summed E-state index contributed by atoms with van der Waals surface area (Å²) in [6, 6.07) is 0.518. The molecule has 2 aliphatic heterocycles. The fraction of sp³-hybridized carbons (Fsp3) is 0.917. The Kier molecular flexibility index (Phi) is 3.80. The first-order valence-corrected chi connectivity index (χ1v) is 7.33.